The van der Waals surface area contributed by atoms with Crippen LogP contribution in [-0.4, -0.2) is 66.0 Å². The molecule has 43 heavy (non-hydrogen) atoms. The Bertz CT molecular complexity index is 1400. The van der Waals surface area contributed by atoms with Crippen molar-refractivity contribution < 1.29 is 27.3 Å². The van der Waals surface area contributed by atoms with E-state index in [4.69, 9.17) is 4.74 Å². The first-order valence-corrected chi connectivity index (χ1v) is 17.1. The van der Waals surface area contributed by atoms with Gasteiger partial charge in [0, 0.05) is 19.6 Å². The van der Waals surface area contributed by atoms with Crippen molar-refractivity contribution in [3.8, 4) is 5.75 Å². The highest BCUT2D eigenvalue weighted by atomic mass is 32.2. The molecule has 0 fully saturated rings. The third kappa shape index (κ3) is 11.5. The van der Waals surface area contributed by atoms with Crippen LogP contribution in [-0.2, 0) is 38.8 Å². The van der Waals surface area contributed by atoms with Gasteiger partial charge in [0.25, 0.3) is 0 Å². The molecule has 0 spiro atoms. The average molecular weight is 630 g/mol. The molecule has 0 saturated carbocycles. The molecule has 0 heterocycles. The molecule has 234 valence electrons. The Morgan fingerprint density at radius 3 is 2.05 bits per heavy atom. The third-order valence-electron chi connectivity index (χ3n) is 6.80. The number of hydrogen-bond donors (Lipinski definition) is 3. The molecule has 1 amide bonds. The summed E-state index contributed by atoms with van der Waals surface area (Å²) in [7, 11) is -3.76. The number of aliphatic hydroxyl groups is 1. The highest BCUT2D eigenvalue weighted by Gasteiger charge is 2.30. The van der Waals surface area contributed by atoms with Crippen molar-refractivity contribution in [1.82, 2.24) is 14.3 Å². The molecule has 4 atom stereocenters. The zero-order chi connectivity index (χ0) is 31.4. The van der Waals surface area contributed by atoms with Crippen LogP contribution in [0.3, 0.4) is 0 Å². The molecule has 0 aromatic heterocycles. The number of nitrogens with zero attached hydrogens (tertiary/aromatic N) is 1. The number of rotatable bonds is 17. The van der Waals surface area contributed by atoms with Crippen molar-refractivity contribution in [3.05, 3.63) is 96.1 Å². The van der Waals surface area contributed by atoms with Gasteiger partial charge in [0.2, 0.25) is 15.9 Å². The Morgan fingerprint density at radius 1 is 0.907 bits per heavy atom. The van der Waals surface area contributed by atoms with Crippen molar-refractivity contribution in [2.75, 3.05) is 26.0 Å². The minimum atomic E-state index is -3.75. The summed E-state index contributed by atoms with van der Waals surface area (Å²) >= 11 is 0. The van der Waals surface area contributed by atoms with Crippen LogP contribution in [0.2, 0.25) is 0 Å². The zero-order valence-corrected chi connectivity index (χ0v) is 26.8. The molecule has 0 saturated heterocycles. The number of carbonyl (C=O) groups is 1. The van der Waals surface area contributed by atoms with E-state index in [0.29, 0.717) is 23.6 Å². The second-order valence-electron chi connectivity index (χ2n) is 11.0. The quantitative estimate of drug-likeness (QED) is 0.210. The van der Waals surface area contributed by atoms with Crippen LogP contribution in [0.1, 0.15) is 31.9 Å². The number of aliphatic hydroxyl groups excluding tert-OH is 1. The Kier molecular flexibility index (Phi) is 13.3. The third-order valence-corrected chi connectivity index (χ3v) is 9.77. The predicted molar refractivity (Wildman–Crippen MR) is 170 cm³/mol. The van der Waals surface area contributed by atoms with E-state index >= 15 is 0 Å². The first-order chi connectivity index (χ1) is 20.5. The summed E-state index contributed by atoms with van der Waals surface area (Å²) in [6.07, 6.45) is -0.783. The van der Waals surface area contributed by atoms with Gasteiger partial charge in [-0.1, -0.05) is 81.4 Å². The van der Waals surface area contributed by atoms with Crippen LogP contribution in [0.5, 0.6) is 5.75 Å². The lowest BCUT2D eigenvalue weighted by Crippen LogP contribution is -2.52. The minimum Gasteiger partial charge on any atom is -0.497 e. The molecule has 9 nitrogen and oxygen atoms in total. The van der Waals surface area contributed by atoms with E-state index in [1.54, 1.807) is 42.6 Å². The Balaban J connectivity index is 1.73. The van der Waals surface area contributed by atoms with Gasteiger partial charge in [-0.05, 0) is 47.7 Å². The maximum Gasteiger partial charge on any atom is 0.224 e. The van der Waals surface area contributed by atoms with E-state index < -0.39 is 50.7 Å². The summed E-state index contributed by atoms with van der Waals surface area (Å²) in [5, 5.41) is 14.4. The summed E-state index contributed by atoms with van der Waals surface area (Å²) in [6, 6.07) is 24.7. The lowest BCUT2D eigenvalue weighted by Gasteiger charge is -2.31. The van der Waals surface area contributed by atoms with Crippen LogP contribution >= 0.6 is 0 Å². The molecular formula is C32H43N3O6S2. The molecule has 0 aliphatic rings. The van der Waals surface area contributed by atoms with Crippen molar-refractivity contribution in [3.63, 3.8) is 0 Å². The van der Waals surface area contributed by atoms with Crippen molar-refractivity contribution in [2.24, 2.45) is 11.8 Å². The Morgan fingerprint density at radius 2 is 1.49 bits per heavy atom. The molecule has 3 aromatic carbocycles. The van der Waals surface area contributed by atoms with Crippen molar-refractivity contribution >= 4 is 26.9 Å². The van der Waals surface area contributed by atoms with Gasteiger partial charge in [0.1, 0.15) is 16.7 Å². The fourth-order valence-electron chi connectivity index (χ4n) is 4.52. The van der Waals surface area contributed by atoms with Crippen molar-refractivity contribution in [1.29, 1.82) is 0 Å². The summed E-state index contributed by atoms with van der Waals surface area (Å²) in [4.78, 5) is 13.8. The maximum absolute atomic E-state index is 13.6. The molecular weight excluding hydrogens is 587 g/mol. The molecule has 11 heteroatoms. The molecule has 0 bridgehead atoms. The summed E-state index contributed by atoms with van der Waals surface area (Å²) < 4.78 is 48.5. The minimum absolute atomic E-state index is 0.0277. The van der Waals surface area contributed by atoms with Gasteiger partial charge in [0.05, 0.1) is 35.8 Å². The van der Waals surface area contributed by atoms with Gasteiger partial charge in [-0.25, -0.2) is 21.7 Å². The Hall–Kier alpha value is -3.09. The van der Waals surface area contributed by atoms with Gasteiger partial charge >= 0.3 is 0 Å². The van der Waals surface area contributed by atoms with Crippen LogP contribution in [0.25, 0.3) is 0 Å². The average Bonchev–Trinajstić information content (AvgIpc) is 2.99. The summed E-state index contributed by atoms with van der Waals surface area (Å²) in [5.41, 5.74) is 1.70. The van der Waals surface area contributed by atoms with Crippen LogP contribution in [0.15, 0.2) is 89.8 Å². The molecule has 3 rings (SSSR count). The van der Waals surface area contributed by atoms with Crippen molar-refractivity contribution in [2.45, 2.75) is 50.8 Å². The van der Waals surface area contributed by atoms with Crippen LogP contribution in [0.4, 0.5) is 0 Å². The monoisotopic (exact) mass is 629 g/mol. The van der Waals surface area contributed by atoms with E-state index in [1.165, 1.54) is 0 Å². The molecule has 3 N–H and O–H groups in total. The molecule has 0 aliphatic carbocycles. The highest BCUT2D eigenvalue weighted by molar-refractivity contribution is 7.89. The lowest BCUT2D eigenvalue weighted by atomic mass is 10.00. The largest absolute Gasteiger partial charge is 0.497 e. The Labute approximate surface area is 258 Å². The first-order valence-electron chi connectivity index (χ1n) is 14.3. The smallest absolute Gasteiger partial charge is 0.224 e. The second kappa shape index (κ2) is 16.7. The van der Waals surface area contributed by atoms with Gasteiger partial charge in [0.15, 0.2) is 0 Å². The molecule has 0 radical (unpaired) electrons. The van der Waals surface area contributed by atoms with E-state index in [9.17, 15) is 22.5 Å². The van der Waals surface area contributed by atoms with E-state index in [2.05, 4.69) is 10.0 Å². The van der Waals surface area contributed by atoms with Gasteiger partial charge in [-0.2, -0.15) is 0 Å². The number of carbonyl (C=O) groups excluding carboxylic acids is 1. The maximum atomic E-state index is 13.6. The SMILES string of the molecule is COc1ccc(S(=O)N(CC(C)C)C[C@@H](O)[C@H](Cc2ccccc2)NC(=O)[C@H](C)CS(=O)(=O)NCc2ccccc2)cc1. The molecule has 3 aromatic rings. The van der Waals surface area contributed by atoms with E-state index in [1.807, 2.05) is 74.5 Å². The number of methoxy groups -OCH3 is 1. The number of hydrogen-bond acceptors (Lipinski definition) is 6. The first kappa shape index (κ1) is 34.4. The number of benzene rings is 3. The van der Waals surface area contributed by atoms with Crippen LogP contribution in [0, 0.1) is 11.8 Å². The number of ether oxygens (including phenoxy) is 1. The number of amides is 1. The predicted octanol–water partition coefficient (Wildman–Crippen LogP) is 3.52. The summed E-state index contributed by atoms with van der Waals surface area (Å²) in [6.45, 7) is 6.16. The fourth-order valence-corrected chi connectivity index (χ4v) is 7.23. The van der Waals surface area contributed by atoms with E-state index in [-0.39, 0.29) is 19.0 Å². The second-order valence-corrected chi connectivity index (χ2v) is 14.4. The summed E-state index contributed by atoms with van der Waals surface area (Å²) in [5.74, 6) is -0.963. The molecule has 0 aliphatic heterocycles. The lowest BCUT2D eigenvalue weighted by molar-refractivity contribution is -0.125. The van der Waals surface area contributed by atoms with Gasteiger partial charge in [-0.15, -0.1) is 0 Å². The molecule has 1 unspecified atom stereocenters. The van der Waals surface area contributed by atoms with Crippen LogP contribution < -0.4 is 14.8 Å². The fraction of sp³-hybridized carbons (Fsp3) is 0.406. The standard InChI is InChI=1S/C32H43N3O6S2/c1-24(2)21-35(42(38)29-17-15-28(41-4)16-18-29)22-31(36)30(19-26-11-7-5-8-12-26)34-32(37)25(3)23-43(39,40)33-20-27-13-9-6-10-14-27/h5-18,24-25,30-31,33,36H,19-23H2,1-4H3,(H,34,37)/t25-,30+,31-,42?/m1/s1. The van der Waals surface area contributed by atoms with Gasteiger partial charge < -0.3 is 15.2 Å². The highest BCUT2D eigenvalue weighted by Crippen LogP contribution is 2.19. The normalized spacial score (nSPS) is 14.7. The number of nitrogens with one attached hydrogen (secondary N) is 2. The van der Waals surface area contributed by atoms with Gasteiger partial charge in [-0.3, -0.25) is 4.79 Å². The number of sulfonamides is 1. The topological polar surface area (TPSA) is 125 Å². The van der Waals surface area contributed by atoms with E-state index in [0.717, 1.165) is 11.1 Å². The zero-order valence-electron chi connectivity index (χ0n) is 25.2.